The van der Waals surface area contributed by atoms with E-state index in [0.717, 1.165) is 48.6 Å². The molecule has 2 aliphatic heterocycles. The van der Waals surface area contributed by atoms with Crippen LogP contribution in [0.5, 0.6) is 0 Å². The molecule has 0 spiro atoms. The molecule has 17 N–H and O–H groups in total. The van der Waals surface area contributed by atoms with E-state index in [-0.39, 0.29) is 76.8 Å². The van der Waals surface area contributed by atoms with Crippen molar-refractivity contribution < 1.29 is 92.7 Å². The second kappa shape index (κ2) is 47.1. The fraction of sp³-hybridized carbons (Fsp3) is 0.508. The van der Waals surface area contributed by atoms with Gasteiger partial charge in [0.15, 0.2) is 17.7 Å². The average molecular weight is 1290 g/mol. The number of hydrogen-bond donors (Lipinski definition) is 16. The van der Waals surface area contributed by atoms with Crippen LogP contribution in [-0.2, 0) is 54.3 Å². The molecule has 0 aliphatic carbocycles. The molecule has 3 aromatic carbocycles. The Bertz CT molecular complexity index is 2880. The largest absolute Gasteiger partial charge is 0.466 e. The third-order valence-corrected chi connectivity index (χ3v) is 12.0. The van der Waals surface area contributed by atoms with Crippen molar-refractivity contribution in [2.24, 2.45) is 27.6 Å². The maximum Gasteiger partial charge on any atom is 0.307 e. The minimum Gasteiger partial charge on any atom is -0.466 e. The minimum absolute atomic E-state index is 0.0389. The van der Waals surface area contributed by atoms with Crippen molar-refractivity contribution in [3.8, 4) is 0 Å². The number of carbonyl (C=O) groups is 9. The number of hydrogen-bond acceptors (Lipinski definition) is 25. The SMILES string of the molecule is CCOC(=O)C[C@H](N)CO.Cc1cc(NC2=NCC(C)CN2)cc(C(=O)NCC(=O)N[C@H](CO)CC(=O)O)c1.Cc1cc(NC2=NCC(C)CN2)cc(C(=O)O)c1.O=BCN[C@H](CO)CC(=O)OCc1ccccc1.[B]C(=O)NCC(=O)N[C@H](CO)CC(=O)OCC. The number of aliphatic hydroxyl groups excluding tert-OH is 4. The van der Waals surface area contributed by atoms with E-state index < -0.39 is 91.2 Å². The number of amides is 4. The number of rotatable bonds is 29. The summed E-state index contributed by atoms with van der Waals surface area (Å²) >= 11 is 0. The zero-order valence-electron chi connectivity index (χ0n) is 52.7. The Morgan fingerprint density at radius 2 is 1.11 bits per heavy atom. The van der Waals surface area contributed by atoms with Gasteiger partial charge in [-0.15, -0.1) is 0 Å². The van der Waals surface area contributed by atoms with E-state index in [4.69, 9.17) is 49.0 Å². The molecule has 0 aromatic heterocycles. The number of anilines is 2. The zero-order valence-corrected chi connectivity index (χ0v) is 52.7. The van der Waals surface area contributed by atoms with Crippen LogP contribution in [0.1, 0.15) is 90.8 Å². The summed E-state index contributed by atoms with van der Waals surface area (Å²) in [5.74, 6) is -3.41. The number of aromatic carboxylic acids is 1. The van der Waals surface area contributed by atoms with Crippen LogP contribution in [-0.4, -0.2) is 220 Å². The molecule has 4 amide bonds. The maximum absolute atomic E-state index is 12.4. The summed E-state index contributed by atoms with van der Waals surface area (Å²) in [6.45, 7) is 13.4. The second-order valence-corrected chi connectivity index (χ2v) is 20.7. The Morgan fingerprint density at radius 1 is 0.641 bits per heavy atom. The van der Waals surface area contributed by atoms with Gasteiger partial charge in [0.25, 0.3) is 5.91 Å². The first kappa shape index (κ1) is 81.1. The van der Waals surface area contributed by atoms with E-state index in [2.05, 4.69) is 81.2 Å². The fourth-order valence-corrected chi connectivity index (χ4v) is 7.54. The number of benzene rings is 3. The molecule has 2 radical (unpaired) electrons. The summed E-state index contributed by atoms with van der Waals surface area (Å²) in [4.78, 5) is 109. The summed E-state index contributed by atoms with van der Waals surface area (Å²) in [6.07, 6.45) is -0.300. The summed E-state index contributed by atoms with van der Waals surface area (Å²) in [5, 5.41) is 77.8. The number of aliphatic imine (C=N–C) groups is 2. The van der Waals surface area contributed by atoms with E-state index in [1.165, 1.54) is 0 Å². The van der Waals surface area contributed by atoms with Crippen LogP contribution < -0.4 is 53.6 Å². The van der Waals surface area contributed by atoms with Crippen molar-refractivity contribution in [1.82, 2.24) is 37.2 Å². The van der Waals surface area contributed by atoms with Gasteiger partial charge in [0.05, 0.1) is 83.0 Å². The van der Waals surface area contributed by atoms with Gasteiger partial charge in [0.2, 0.25) is 19.7 Å². The number of guanidine groups is 2. The number of nitrogens with two attached hydrogens (primary N) is 1. The summed E-state index contributed by atoms with van der Waals surface area (Å²) in [6, 6.07) is 17.1. The molecule has 3 aromatic rings. The molecule has 0 fully saturated rings. The first-order valence-corrected chi connectivity index (χ1v) is 29.3. The van der Waals surface area contributed by atoms with Gasteiger partial charge >= 0.3 is 130 Å². The van der Waals surface area contributed by atoms with Gasteiger partial charge in [-0.25, -0.2) is 4.79 Å². The van der Waals surface area contributed by atoms with Gasteiger partial charge in [0.1, 0.15) is 0 Å². The van der Waals surface area contributed by atoms with Crippen molar-refractivity contribution in [3.63, 3.8) is 0 Å². The summed E-state index contributed by atoms with van der Waals surface area (Å²) in [7, 11) is 5.45. The first-order valence-electron chi connectivity index (χ1n) is 29.3. The minimum atomic E-state index is -1.14. The van der Waals surface area contributed by atoms with Crippen LogP contribution in [0.15, 0.2) is 76.7 Å². The van der Waals surface area contributed by atoms with Crippen molar-refractivity contribution in [2.75, 3.05) is 96.0 Å². The Balaban J connectivity index is 0.000000598. The molecule has 0 saturated heterocycles. The monoisotopic (exact) mass is 1290 g/mol. The molecule has 92 heavy (non-hydrogen) atoms. The summed E-state index contributed by atoms with van der Waals surface area (Å²) < 4.78 is 24.5. The normalized spacial score (nSPS) is 14.7. The molecule has 6 atom stereocenters. The standard InChI is InChI=1S/C19H27N5O5.C13H17N3O2.C12H16BNO4.C9H15BN2O5.C6H13NO3/c1-11-3-13(5-14(4-11)24-19-21-7-12(2)8-22-19)18(29)20-9-16(26)23-15(10-25)6-17(27)28;1-8-3-10(12(17)18)5-11(4-8)16-13-14-6-9(2)7-15-13;15-7-11(14-9-13-17)6-12(16)18-8-10-4-2-1-3-5-10;1-2-17-8(15)3-6(5-13)12-7(14)4-11-9(10)16;1-2-10-6(9)3-5(7)4-8/h3-5,12,15,25H,6-10H2,1-2H3,(H,20,29)(H,23,26)(H,27,28)(H2,21,22,24);3-5,9H,6-7H2,1-2H3,(H,17,18)(H2,14,15,16);1-5,11,14-15H,6-9H2;6,13H,2-5H2,1H3,(H,11,16)(H,12,14);5,8H,2-4,7H2,1H3/t15-;;11-;6-;5-/m0.000/s1. The molecular formula is C59H88B2N12O19. The average Bonchev–Trinajstić information content (AvgIpc) is 1.24. The quantitative estimate of drug-likeness (QED) is 0.0225. The van der Waals surface area contributed by atoms with Gasteiger partial charge in [0, 0.05) is 49.2 Å². The third-order valence-electron chi connectivity index (χ3n) is 12.0. The fourth-order valence-electron chi connectivity index (χ4n) is 7.54. The Morgan fingerprint density at radius 3 is 1.55 bits per heavy atom. The number of carboxylic acid groups (broad SMARTS) is 2. The van der Waals surface area contributed by atoms with Crippen molar-refractivity contribution >= 4 is 91.7 Å². The molecule has 33 heteroatoms. The zero-order chi connectivity index (χ0) is 69.0. The van der Waals surface area contributed by atoms with Crippen LogP contribution in [0.3, 0.4) is 0 Å². The molecule has 31 nitrogen and oxygen atoms in total. The van der Waals surface area contributed by atoms with Crippen LogP contribution in [0.25, 0.3) is 0 Å². The van der Waals surface area contributed by atoms with Crippen LogP contribution >= 0.6 is 0 Å². The van der Waals surface area contributed by atoms with Crippen molar-refractivity contribution in [3.05, 3.63) is 94.5 Å². The summed E-state index contributed by atoms with van der Waals surface area (Å²) in [5.41, 5.74) is 10.0. The Kier molecular flexibility index (Phi) is 41.5. The number of nitrogens with one attached hydrogen (secondary N) is 9. The van der Waals surface area contributed by atoms with Crippen molar-refractivity contribution in [2.45, 2.75) is 98.0 Å². The molecule has 0 bridgehead atoms. The number of ether oxygens (including phenoxy) is 3. The molecule has 2 aliphatic rings. The molecule has 2 unspecified atom stereocenters. The topological polar surface area (TPSA) is 479 Å². The van der Waals surface area contributed by atoms with Crippen molar-refractivity contribution in [1.29, 1.82) is 0 Å². The third kappa shape index (κ3) is 38.6. The second-order valence-electron chi connectivity index (χ2n) is 20.7. The molecule has 2 heterocycles. The van der Waals surface area contributed by atoms with E-state index in [0.29, 0.717) is 48.8 Å². The van der Waals surface area contributed by atoms with E-state index in [1.54, 1.807) is 38.1 Å². The van der Waals surface area contributed by atoms with Gasteiger partial charge < -0.3 is 83.3 Å². The predicted molar refractivity (Wildman–Crippen MR) is 341 cm³/mol. The van der Waals surface area contributed by atoms with E-state index >= 15 is 0 Å². The van der Waals surface area contributed by atoms with Gasteiger partial charge in [-0.05, 0) is 87.1 Å². The Labute approximate surface area is 535 Å². The Hall–Kier alpha value is -8.88. The van der Waals surface area contributed by atoms with Crippen LogP contribution in [0.2, 0.25) is 0 Å². The number of carbonyl (C=O) groups excluding carboxylic acids is 7. The van der Waals surface area contributed by atoms with Gasteiger partial charge in [-0.2, -0.15) is 0 Å². The number of aliphatic hydroxyl groups is 4. The number of esters is 3. The molecule has 504 valence electrons. The number of aryl methyl sites for hydroxylation is 2. The van der Waals surface area contributed by atoms with Crippen LogP contribution in [0.4, 0.5) is 16.2 Å². The maximum atomic E-state index is 12.4. The predicted octanol–water partition coefficient (Wildman–Crippen LogP) is -0.984. The smallest absolute Gasteiger partial charge is 0.307 e. The molecule has 5 rings (SSSR count). The first-order chi connectivity index (χ1) is 43.8. The number of aliphatic carboxylic acids is 1. The molecule has 0 saturated carbocycles. The molecular weight excluding hydrogens is 1200 g/mol. The van der Waals surface area contributed by atoms with E-state index in [1.807, 2.05) is 56.3 Å². The number of nitrogens with zero attached hydrogens (tertiary/aromatic N) is 2. The number of carboxylic acids is 2. The van der Waals surface area contributed by atoms with E-state index in [9.17, 15) is 47.9 Å². The van der Waals surface area contributed by atoms with Gasteiger partial charge in [-0.1, -0.05) is 13.8 Å². The van der Waals surface area contributed by atoms with Gasteiger partial charge in [-0.3, -0.25) is 43.5 Å². The van der Waals surface area contributed by atoms with Crippen LogP contribution in [0, 0.1) is 25.7 Å².